The lowest BCUT2D eigenvalue weighted by molar-refractivity contribution is -0.139. The molecule has 1 atom stereocenters. The highest BCUT2D eigenvalue weighted by Crippen LogP contribution is 2.14. The van der Waals surface area contributed by atoms with Crippen LogP contribution in [0.4, 0.5) is 4.39 Å². The van der Waals surface area contributed by atoms with E-state index >= 15 is 0 Å². The number of ether oxygens (including phenoxy) is 1. The molecule has 1 rings (SSSR count). The van der Waals surface area contributed by atoms with Crippen LogP contribution in [0.5, 0.6) is 0 Å². The molecule has 6 heteroatoms. The third kappa shape index (κ3) is 4.46. The highest BCUT2D eigenvalue weighted by Gasteiger charge is 2.21. The lowest BCUT2D eigenvalue weighted by atomic mass is 10.0. The van der Waals surface area contributed by atoms with Crippen molar-refractivity contribution >= 4 is 5.97 Å². The Morgan fingerprint density at radius 1 is 1.45 bits per heavy atom. The van der Waals surface area contributed by atoms with Gasteiger partial charge in [-0.15, -0.1) is 0 Å². The Morgan fingerprint density at radius 3 is 2.68 bits per heavy atom. The van der Waals surface area contributed by atoms with E-state index in [9.17, 15) is 9.18 Å². The van der Waals surface area contributed by atoms with Gasteiger partial charge in [-0.25, -0.2) is 9.18 Å². The van der Waals surface area contributed by atoms with Crippen molar-refractivity contribution < 1.29 is 13.9 Å². The third-order valence-corrected chi connectivity index (χ3v) is 3.53. The highest BCUT2D eigenvalue weighted by atomic mass is 19.1. The van der Waals surface area contributed by atoms with Crippen LogP contribution in [0, 0.1) is 12.7 Å². The van der Waals surface area contributed by atoms with Crippen molar-refractivity contribution in [3.63, 3.8) is 0 Å². The van der Waals surface area contributed by atoms with Crippen molar-refractivity contribution in [1.82, 2.24) is 5.32 Å². The zero-order valence-electron chi connectivity index (χ0n) is 13.3. The molecule has 5 nitrogen and oxygen atoms in total. The fourth-order valence-corrected chi connectivity index (χ4v) is 2.11. The molecule has 0 saturated carbocycles. The molecule has 0 radical (unpaired) electrons. The van der Waals surface area contributed by atoms with Crippen molar-refractivity contribution in [1.29, 1.82) is 0 Å². The standard InChI is InChI=1S/C16H24FN3O2/c1-4-13(18)14(15(19)20-3)16(21)22-9-8-11-10(2)6-5-7-12(11)17/h5-7,13,20H,4,8-9,18-19H2,1-3H3/b15-14+. The molecular formula is C16H24FN3O2. The van der Waals surface area contributed by atoms with Crippen LogP contribution in [-0.4, -0.2) is 25.7 Å². The van der Waals surface area contributed by atoms with Crippen LogP contribution < -0.4 is 16.8 Å². The Bertz CT molecular complexity index is 538. The van der Waals surface area contributed by atoms with Crippen LogP contribution in [0.1, 0.15) is 24.5 Å². The molecule has 122 valence electrons. The minimum absolute atomic E-state index is 0.0670. The Hall–Kier alpha value is -2.08. The molecule has 22 heavy (non-hydrogen) atoms. The summed E-state index contributed by atoms with van der Waals surface area (Å²) in [5.74, 6) is -0.677. The second-order valence-electron chi connectivity index (χ2n) is 5.01. The monoisotopic (exact) mass is 309 g/mol. The van der Waals surface area contributed by atoms with E-state index < -0.39 is 12.0 Å². The number of aryl methyl sites for hydroxylation is 1. The van der Waals surface area contributed by atoms with E-state index in [1.54, 1.807) is 13.1 Å². The van der Waals surface area contributed by atoms with Gasteiger partial charge in [0.15, 0.2) is 0 Å². The maximum atomic E-state index is 13.7. The van der Waals surface area contributed by atoms with Crippen LogP contribution in [-0.2, 0) is 16.0 Å². The largest absolute Gasteiger partial charge is 0.462 e. The minimum atomic E-state index is -0.574. The van der Waals surface area contributed by atoms with Gasteiger partial charge >= 0.3 is 5.97 Å². The van der Waals surface area contributed by atoms with E-state index in [1.807, 2.05) is 19.9 Å². The van der Waals surface area contributed by atoms with Crippen LogP contribution in [0.2, 0.25) is 0 Å². The van der Waals surface area contributed by atoms with E-state index in [0.29, 0.717) is 18.4 Å². The van der Waals surface area contributed by atoms with Crippen molar-refractivity contribution in [3.05, 3.63) is 46.5 Å². The van der Waals surface area contributed by atoms with Gasteiger partial charge in [0.1, 0.15) is 11.6 Å². The molecule has 0 heterocycles. The zero-order valence-corrected chi connectivity index (χ0v) is 13.3. The number of benzene rings is 1. The van der Waals surface area contributed by atoms with E-state index in [2.05, 4.69) is 5.32 Å². The van der Waals surface area contributed by atoms with Gasteiger partial charge in [-0.05, 0) is 30.5 Å². The average molecular weight is 309 g/mol. The normalized spacial score (nSPS) is 13.3. The fraction of sp³-hybridized carbons (Fsp3) is 0.438. The highest BCUT2D eigenvalue weighted by molar-refractivity contribution is 5.90. The van der Waals surface area contributed by atoms with Gasteiger partial charge in [-0.1, -0.05) is 19.1 Å². The summed E-state index contributed by atoms with van der Waals surface area (Å²) in [4.78, 5) is 12.1. The topological polar surface area (TPSA) is 90.4 Å². The molecule has 0 amide bonds. The number of hydrogen-bond donors (Lipinski definition) is 3. The van der Waals surface area contributed by atoms with Crippen molar-refractivity contribution in [2.24, 2.45) is 11.5 Å². The quantitative estimate of drug-likeness (QED) is 0.522. The lowest BCUT2D eigenvalue weighted by Gasteiger charge is -2.16. The van der Waals surface area contributed by atoms with E-state index in [0.717, 1.165) is 5.56 Å². The SMILES string of the molecule is CCC(N)/C(C(=O)OCCc1c(C)cccc1F)=C(/N)NC. The molecule has 1 unspecified atom stereocenters. The summed E-state index contributed by atoms with van der Waals surface area (Å²) in [6.07, 6.45) is 0.859. The molecule has 0 aliphatic carbocycles. The van der Waals surface area contributed by atoms with Crippen molar-refractivity contribution in [2.75, 3.05) is 13.7 Å². The summed E-state index contributed by atoms with van der Waals surface area (Å²) in [6, 6.07) is 4.35. The lowest BCUT2D eigenvalue weighted by Crippen LogP contribution is -2.34. The zero-order chi connectivity index (χ0) is 16.7. The summed E-state index contributed by atoms with van der Waals surface area (Å²) in [5, 5.41) is 2.70. The number of nitrogens with two attached hydrogens (primary N) is 2. The maximum absolute atomic E-state index is 13.7. The average Bonchev–Trinajstić information content (AvgIpc) is 2.49. The molecule has 0 fully saturated rings. The fourth-order valence-electron chi connectivity index (χ4n) is 2.11. The molecule has 0 bridgehead atoms. The Labute approximate surface area is 130 Å². The first-order chi connectivity index (χ1) is 10.4. The predicted molar refractivity (Wildman–Crippen MR) is 84.3 cm³/mol. The van der Waals surface area contributed by atoms with Gasteiger partial charge in [0.25, 0.3) is 0 Å². The van der Waals surface area contributed by atoms with E-state index in [-0.39, 0.29) is 23.8 Å². The molecule has 0 aromatic heterocycles. The maximum Gasteiger partial charge on any atom is 0.339 e. The second kappa shape index (κ2) is 8.38. The van der Waals surface area contributed by atoms with Gasteiger partial charge in [0.05, 0.1) is 12.2 Å². The first-order valence-corrected chi connectivity index (χ1v) is 7.26. The number of carbonyl (C=O) groups excluding carboxylic acids is 1. The van der Waals surface area contributed by atoms with E-state index in [1.165, 1.54) is 6.07 Å². The molecule has 0 spiro atoms. The molecule has 0 aliphatic heterocycles. The number of halogens is 1. The predicted octanol–water partition coefficient (Wildman–Crippen LogP) is 1.35. The van der Waals surface area contributed by atoms with E-state index in [4.69, 9.17) is 16.2 Å². The number of nitrogens with one attached hydrogen (secondary N) is 1. The molecule has 0 aliphatic rings. The summed E-state index contributed by atoms with van der Waals surface area (Å²) < 4.78 is 18.9. The number of esters is 1. The van der Waals surface area contributed by atoms with Crippen LogP contribution in [0.3, 0.4) is 0 Å². The first-order valence-electron chi connectivity index (χ1n) is 7.26. The van der Waals surface area contributed by atoms with Crippen molar-refractivity contribution in [2.45, 2.75) is 32.7 Å². The summed E-state index contributed by atoms with van der Waals surface area (Å²) >= 11 is 0. The Morgan fingerprint density at radius 2 is 2.14 bits per heavy atom. The van der Waals surface area contributed by atoms with Crippen molar-refractivity contribution in [3.8, 4) is 0 Å². The van der Waals surface area contributed by atoms with Crippen LogP contribution >= 0.6 is 0 Å². The molecule has 0 saturated heterocycles. The van der Waals surface area contributed by atoms with Gasteiger partial charge in [0.2, 0.25) is 0 Å². The number of carbonyl (C=O) groups is 1. The summed E-state index contributed by atoms with van der Waals surface area (Å²) in [5.41, 5.74) is 13.2. The van der Waals surface area contributed by atoms with Gasteiger partial charge in [-0.3, -0.25) is 0 Å². The van der Waals surface area contributed by atoms with Gasteiger partial charge in [0, 0.05) is 19.5 Å². The number of hydrogen-bond acceptors (Lipinski definition) is 5. The minimum Gasteiger partial charge on any atom is -0.462 e. The van der Waals surface area contributed by atoms with Gasteiger partial charge < -0.3 is 21.5 Å². The first kappa shape index (κ1) is 18.0. The van der Waals surface area contributed by atoms with Gasteiger partial charge in [-0.2, -0.15) is 0 Å². The van der Waals surface area contributed by atoms with Crippen LogP contribution in [0.15, 0.2) is 29.6 Å². The smallest absolute Gasteiger partial charge is 0.339 e. The Kier molecular flexibility index (Phi) is 6.85. The molecule has 1 aromatic carbocycles. The summed E-state index contributed by atoms with van der Waals surface area (Å²) in [7, 11) is 1.60. The number of rotatable bonds is 7. The third-order valence-electron chi connectivity index (χ3n) is 3.53. The molecule has 1 aromatic rings. The second-order valence-corrected chi connectivity index (χ2v) is 5.01. The molecule has 5 N–H and O–H groups in total. The Balaban J connectivity index is 2.73. The van der Waals surface area contributed by atoms with Crippen LogP contribution in [0.25, 0.3) is 0 Å². The summed E-state index contributed by atoms with van der Waals surface area (Å²) in [6.45, 7) is 3.73. The molecular weight excluding hydrogens is 285 g/mol.